The van der Waals surface area contributed by atoms with Crippen molar-refractivity contribution in [1.29, 1.82) is 0 Å². The first-order valence-electron chi connectivity index (χ1n) is 7.35. The van der Waals surface area contributed by atoms with Crippen LogP contribution in [0.15, 0.2) is 30.3 Å². The maximum Gasteiger partial charge on any atom is 0.161 e. The lowest BCUT2D eigenvalue weighted by Gasteiger charge is -2.11. The van der Waals surface area contributed by atoms with Crippen LogP contribution in [-0.4, -0.2) is 23.6 Å². The summed E-state index contributed by atoms with van der Waals surface area (Å²) in [4.78, 5) is 9.28. The Kier molecular flexibility index (Phi) is 5.28. The van der Waals surface area contributed by atoms with Crippen molar-refractivity contribution in [2.75, 3.05) is 19.0 Å². The van der Waals surface area contributed by atoms with Crippen LogP contribution in [0.2, 0.25) is 0 Å². The average Bonchev–Trinajstić information content (AvgIpc) is 2.48. The standard InChI is InChI=1S/C17H23N3O/c1-5-18-16-10-15(12(2)3)19-17(20-16)14-8-6-13(7-9-14)11-21-4/h6-10,12H,5,11H2,1-4H3,(H,18,19,20). The first-order valence-corrected chi connectivity index (χ1v) is 7.35. The number of methoxy groups -OCH3 is 1. The molecule has 0 aliphatic rings. The van der Waals surface area contributed by atoms with Gasteiger partial charge in [-0.05, 0) is 18.4 Å². The van der Waals surface area contributed by atoms with Crippen molar-refractivity contribution in [3.63, 3.8) is 0 Å². The Hall–Kier alpha value is -1.94. The molecule has 0 aliphatic heterocycles. The molecule has 1 N–H and O–H groups in total. The molecule has 2 rings (SSSR count). The molecule has 0 amide bonds. The van der Waals surface area contributed by atoms with Crippen molar-refractivity contribution in [1.82, 2.24) is 9.97 Å². The number of hydrogen-bond acceptors (Lipinski definition) is 4. The van der Waals surface area contributed by atoms with Crippen molar-refractivity contribution in [3.8, 4) is 11.4 Å². The summed E-state index contributed by atoms with van der Waals surface area (Å²) < 4.78 is 5.13. The summed E-state index contributed by atoms with van der Waals surface area (Å²) in [5.74, 6) is 2.02. The van der Waals surface area contributed by atoms with Crippen molar-refractivity contribution >= 4 is 5.82 Å². The summed E-state index contributed by atoms with van der Waals surface area (Å²) in [6.45, 7) is 7.82. The second-order valence-corrected chi connectivity index (χ2v) is 5.32. The zero-order valence-electron chi connectivity index (χ0n) is 13.2. The summed E-state index contributed by atoms with van der Waals surface area (Å²) in [5, 5.41) is 3.27. The molecule has 0 bridgehead atoms. The van der Waals surface area contributed by atoms with Crippen molar-refractivity contribution < 1.29 is 4.74 Å². The van der Waals surface area contributed by atoms with E-state index in [2.05, 4.69) is 48.2 Å². The van der Waals surface area contributed by atoms with Gasteiger partial charge in [0, 0.05) is 31.0 Å². The second-order valence-electron chi connectivity index (χ2n) is 5.32. The lowest BCUT2D eigenvalue weighted by atomic mass is 10.1. The third-order valence-corrected chi connectivity index (χ3v) is 3.22. The monoisotopic (exact) mass is 285 g/mol. The third kappa shape index (κ3) is 4.02. The molecule has 1 aromatic carbocycles. The minimum Gasteiger partial charge on any atom is -0.380 e. The zero-order valence-corrected chi connectivity index (χ0v) is 13.2. The highest BCUT2D eigenvalue weighted by Crippen LogP contribution is 2.22. The van der Waals surface area contributed by atoms with Crippen LogP contribution < -0.4 is 5.32 Å². The topological polar surface area (TPSA) is 47.0 Å². The Labute approximate surface area is 126 Å². The van der Waals surface area contributed by atoms with Crippen LogP contribution in [0.25, 0.3) is 11.4 Å². The molecule has 2 aromatic rings. The van der Waals surface area contributed by atoms with Gasteiger partial charge in [0.15, 0.2) is 5.82 Å². The quantitative estimate of drug-likeness (QED) is 0.876. The molecule has 4 heteroatoms. The first kappa shape index (κ1) is 15.4. The minimum atomic E-state index is 0.372. The molecule has 0 atom stereocenters. The lowest BCUT2D eigenvalue weighted by Crippen LogP contribution is -2.05. The molecular weight excluding hydrogens is 262 g/mol. The van der Waals surface area contributed by atoms with E-state index in [0.29, 0.717) is 12.5 Å². The molecule has 21 heavy (non-hydrogen) atoms. The highest BCUT2D eigenvalue weighted by atomic mass is 16.5. The Morgan fingerprint density at radius 3 is 2.43 bits per heavy atom. The average molecular weight is 285 g/mol. The van der Waals surface area contributed by atoms with E-state index in [1.54, 1.807) is 7.11 Å². The number of aromatic nitrogens is 2. The van der Waals surface area contributed by atoms with Gasteiger partial charge in [0.25, 0.3) is 0 Å². The fourth-order valence-electron chi connectivity index (χ4n) is 2.08. The molecule has 0 saturated carbocycles. The van der Waals surface area contributed by atoms with Gasteiger partial charge in [0.2, 0.25) is 0 Å². The number of benzene rings is 1. The van der Waals surface area contributed by atoms with Crippen LogP contribution in [0.3, 0.4) is 0 Å². The number of rotatable bonds is 6. The van der Waals surface area contributed by atoms with Crippen LogP contribution in [-0.2, 0) is 11.3 Å². The van der Waals surface area contributed by atoms with Crippen LogP contribution in [0.4, 0.5) is 5.82 Å². The van der Waals surface area contributed by atoms with Crippen LogP contribution >= 0.6 is 0 Å². The summed E-state index contributed by atoms with van der Waals surface area (Å²) in [6.07, 6.45) is 0. The molecule has 0 saturated heterocycles. The van der Waals surface area contributed by atoms with Gasteiger partial charge in [-0.1, -0.05) is 38.1 Å². The number of hydrogen-bond donors (Lipinski definition) is 1. The lowest BCUT2D eigenvalue weighted by molar-refractivity contribution is 0.185. The first-order chi connectivity index (χ1) is 10.1. The summed E-state index contributed by atoms with van der Waals surface area (Å²) in [6, 6.07) is 10.2. The predicted octanol–water partition coefficient (Wildman–Crippen LogP) is 3.85. The normalized spacial score (nSPS) is 10.9. The van der Waals surface area contributed by atoms with E-state index in [4.69, 9.17) is 4.74 Å². The minimum absolute atomic E-state index is 0.372. The third-order valence-electron chi connectivity index (χ3n) is 3.22. The molecular formula is C17H23N3O. The van der Waals surface area contributed by atoms with E-state index in [9.17, 15) is 0 Å². The van der Waals surface area contributed by atoms with Crippen LogP contribution in [0.1, 0.15) is 37.9 Å². The molecule has 0 aliphatic carbocycles. The highest BCUT2D eigenvalue weighted by molar-refractivity contribution is 5.58. The Morgan fingerprint density at radius 1 is 1.14 bits per heavy atom. The Balaban J connectivity index is 2.36. The van der Waals surface area contributed by atoms with Gasteiger partial charge < -0.3 is 10.1 Å². The number of ether oxygens (including phenoxy) is 1. The maximum absolute atomic E-state index is 5.13. The molecule has 0 spiro atoms. The SMILES string of the molecule is CCNc1cc(C(C)C)nc(-c2ccc(COC)cc2)n1. The molecule has 0 unspecified atom stereocenters. The largest absolute Gasteiger partial charge is 0.380 e. The Morgan fingerprint density at radius 2 is 1.86 bits per heavy atom. The van der Waals surface area contributed by atoms with Gasteiger partial charge in [-0.2, -0.15) is 0 Å². The van der Waals surface area contributed by atoms with Crippen molar-refractivity contribution in [3.05, 3.63) is 41.6 Å². The summed E-state index contributed by atoms with van der Waals surface area (Å²) in [7, 11) is 1.70. The highest BCUT2D eigenvalue weighted by Gasteiger charge is 2.09. The van der Waals surface area contributed by atoms with Crippen LogP contribution in [0.5, 0.6) is 0 Å². The van der Waals surface area contributed by atoms with Gasteiger partial charge >= 0.3 is 0 Å². The van der Waals surface area contributed by atoms with Crippen molar-refractivity contribution in [2.45, 2.75) is 33.3 Å². The van der Waals surface area contributed by atoms with Crippen LogP contribution in [0, 0.1) is 0 Å². The van der Waals surface area contributed by atoms with E-state index in [1.807, 2.05) is 18.2 Å². The molecule has 1 heterocycles. The van der Waals surface area contributed by atoms with E-state index in [1.165, 1.54) is 0 Å². The zero-order chi connectivity index (χ0) is 15.2. The maximum atomic E-state index is 5.13. The number of nitrogens with zero attached hydrogens (tertiary/aromatic N) is 2. The Bertz CT molecular complexity index is 579. The molecule has 112 valence electrons. The molecule has 4 nitrogen and oxygen atoms in total. The van der Waals surface area contributed by atoms with Gasteiger partial charge in [0.05, 0.1) is 6.61 Å². The summed E-state index contributed by atoms with van der Waals surface area (Å²) in [5.41, 5.74) is 3.22. The summed E-state index contributed by atoms with van der Waals surface area (Å²) >= 11 is 0. The van der Waals surface area contributed by atoms with E-state index in [-0.39, 0.29) is 0 Å². The van der Waals surface area contributed by atoms with E-state index >= 15 is 0 Å². The fraction of sp³-hybridized carbons (Fsp3) is 0.412. The number of anilines is 1. The smallest absolute Gasteiger partial charge is 0.161 e. The van der Waals surface area contributed by atoms with E-state index < -0.39 is 0 Å². The molecule has 0 radical (unpaired) electrons. The predicted molar refractivity (Wildman–Crippen MR) is 86.4 cm³/mol. The van der Waals surface area contributed by atoms with Gasteiger partial charge in [-0.15, -0.1) is 0 Å². The number of nitrogens with one attached hydrogen (secondary N) is 1. The van der Waals surface area contributed by atoms with Gasteiger partial charge in [-0.3, -0.25) is 0 Å². The van der Waals surface area contributed by atoms with E-state index in [0.717, 1.165) is 35.0 Å². The van der Waals surface area contributed by atoms with Gasteiger partial charge in [0.1, 0.15) is 5.82 Å². The molecule has 1 aromatic heterocycles. The molecule has 0 fully saturated rings. The fourth-order valence-corrected chi connectivity index (χ4v) is 2.08. The second kappa shape index (κ2) is 7.18. The van der Waals surface area contributed by atoms with Gasteiger partial charge in [-0.25, -0.2) is 9.97 Å². The van der Waals surface area contributed by atoms with Crippen molar-refractivity contribution in [2.24, 2.45) is 0 Å².